The van der Waals surface area contributed by atoms with Crippen LogP contribution in [-0.4, -0.2) is 46.9 Å². The van der Waals surface area contributed by atoms with Crippen molar-refractivity contribution in [3.05, 3.63) is 53.7 Å². The van der Waals surface area contributed by atoms with Gasteiger partial charge in [-0.3, -0.25) is 14.3 Å². The lowest BCUT2D eigenvalue weighted by atomic mass is 9.92. The summed E-state index contributed by atoms with van der Waals surface area (Å²) in [6.45, 7) is 1.36. The maximum absolute atomic E-state index is 13.8. The molecule has 2 amide bonds. The minimum atomic E-state index is -5.03. The van der Waals surface area contributed by atoms with E-state index in [2.05, 4.69) is 10.1 Å². The van der Waals surface area contributed by atoms with E-state index in [1.165, 1.54) is 24.0 Å². The molecule has 0 saturated carbocycles. The monoisotopic (exact) mass is 460 g/mol. The third-order valence-corrected chi connectivity index (χ3v) is 5.58. The van der Waals surface area contributed by atoms with Crippen LogP contribution in [0.25, 0.3) is 5.57 Å². The van der Waals surface area contributed by atoms with Crippen molar-refractivity contribution in [2.45, 2.75) is 49.8 Å². The van der Waals surface area contributed by atoms with Crippen molar-refractivity contribution in [2.75, 3.05) is 6.54 Å². The summed E-state index contributed by atoms with van der Waals surface area (Å²) in [6.07, 6.45) is -4.07. The van der Waals surface area contributed by atoms with E-state index < -0.39 is 36.0 Å². The number of hydrogen-bond acceptors (Lipinski definition) is 3. The molecule has 168 valence electrons. The van der Waals surface area contributed by atoms with Crippen LogP contribution in [0.15, 0.2) is 48.2 Å². The number of carbonyl (C=O) groups is 2. The first kappa shape index (κ1) is 23.3. The van der Waals surface area contributed by atoms with Gasteiger partial charge in [0.25, 0.3) is 0 Å². The van der Waals surface area contributed by atoms with Gasteiger partial charge in [0.15, 0.2) is 5.06 Å². The molecule has 10 heteroatoms. The predicted octanol–water partition coefficient (Wildman–Crippen LogP) is 4.29. The van der Waals surface area contributed by atoms with Crippen molar-refractivity contribution in [3.8, 4) is 0 Å². The second-order valence-corrected chi connectivity index (χ2v) is 8.04. The summed E-state index contributed by atoms with van der Waals surface area (Å²) in [5, 5.41) is 0.179. The number of rotatable bonds is 4. The lowest BCUT2D eigenvalue weighted by Gasteiger charge is -2.37. The number of allylic oxidation sites excluding steroid dienone is 2. The van der Waals surface area contributed by atoms with Crippen LogP contribution in [0, 0.1) is 0 Å². The third-order valence-electron chi connectivity index (χ3n) is 5.16. The van der Waals surface area contributed by atoms with E-state index in [9.17, 15) is 27.2 Å². The van der Waals surface area contributed by atoms with Gasteiger partial charge in [-0.05, 0) is 18.1 Å². The molecular weight excluding hydrogens is 440 g/mol. The molecule has 1 aromatic carbocycles. The Labute approximate surface area is 181 Å². The van der Waals surface area contributed by atoms with E-state index in [-0.39, 0.29) is 36.6 Å². The highest BCUT2D eigenvalue weighted by Crippen LogP contribution is 2.45. The maximum atomic E-state index is 13.8. The van der Waals surface area contributed by atoms with Gasteiger partial charge in [0.2, 0.25) is 11.8 Å². The Bertz CT molecular complexity index is 904. The molecule has 0 radical (unpaired) electrons. The number of hydrogen-bond donors (Lipinski definition) is 1. The smallest absolute Gasteiger partial charge is 0.331 e. The topological polar surface area (TPSA) is 58.6 Å². The summed E-state index contributed by atoms with van der Waals surface area (Å²) in [5.74, 6) is -1.07. The number of ether oxygens (including phenoxy) is 1. The van der Waals surface area contributed by atoms with Gasteiger partial charge < -0.3 is 10.2 Å². The van der Waals surface area contributed by atoms with Crippen molar-refractivity contribution in [1.82, 2.24) is 10.2 Å². The number of likely N-dealkylation sites (tertiary alicyclic amines) is 1. The van der Waals surface area contributed by atoms with Crippen LogP contribution >= 0.6 is 11.6 Å². The second kappa shape index (κ2) is 9.00. The lowest BCUT2D eigenvalue weighted by molar-refractivity contribution is -0.342. The normalized spacial score (nSPS) is 26.7. The van der Waals surface area contributed by atoms with Crippen molar-refractivity contribution < 1.29 is 31.9 Å². The van der Waals surface area contributed by atoms with Gasteiger partial charge in [0.1, 0.15) is 12.2 Å². The first-order valence-electron chi connectivity index (χ1n) is 9.63. The molecule has 0 aromatic heterocycles. The van der Waals surface area contributed by atoms with E-state index in [0.29, 0.717) is 5.56 Å². The van der Waals surface area contributed by atoms with Gasteiger partial charge in [0.05, 0.1) is 0 Å². The molecule has 5 nitrogen and oxygen atoms in total. The van der Waals surface area contributed by atoms with Gasteiger partial charge in [-0.25, -0.2) is 4.39 Å². The summed E-state index contributed by atoms with van der Waals surface area (Å²) < 4.78 is 57.4. The number of piperidine rings is 1. The van der Waals surface area contributed by atoms with Crippen LogP contribution < -0.4 is 5.32 Å². The van der Waals surface area contributed by atoms with Crippen LogP contribution in [-0.2, 0) is 14.3 Å². The highest BCUT2D eigenvalue weighted by Gasteiger charge is 2.47. The molecule has 1 aliphatic carbocycles. The van der Waals surface area contributed by atoms with E-state index in [4.69, 9.17) is 11.6 Å². The Hall–Kier alpha value is -2.39. The van der Waals surface area contributed by atoms with E-state index >= 15 is 0 Å². The molecule has 1 N–H and O–H groups in total. The predicted molar refractivity (Wildman–Crippen MR) is 106 cm³/mol. The summed E-state index contributed by atoms with van der Waals surface area (Å²) in [5.41, 5.74) is 0.573. The molecule has 1 aliphatic heterocycles. The second-order valence-electron chi connectivity index (χ2n) is 7.43. The number of nitrogens with one attached hydrogen (secondary N) is 1. The highest BCUT2D eigenvalue weighted by molar-refractivity contribution is 6.29. The summed E-state index contributed by atoms with van der Waals surface area (Å²) >= 11 is 6.30. The Morgan fingerprint density at radius 2 is 1.90 bits per heavy atom. The lowest BCUT2D eigenvalue weighted by Crippen LogP contribution is -2.53. The number of halogens is 5. The van der Waals surface area contributed by atoms with E-state index in [1.54, 1.807) is 30.3 Å². The first-order chi connectivity index (χ1) is 14.5. The van der Waals surface area contributed by atoms with Crippen LogP contribution in [0.4, 0.5) is 17.6 Å². The summed E-state index contributed by atoms with van der Waals surface area (Å²) in [4.78, 5) is 25.8. The van der Waals surface area contributed by atoms with Gasteiger partial charge in [-0.15, -0.1) is 13.2 Å². The molecule has 1 saturated heterocycles. The fraction of sp³-hybridized carbons (Fsp3) is 0.429. The van der Waals surface area contributed by atoms with E-state index in [0.717, 1.165) is 0 Å². The van der Waals surface area contributed by atoms with E-state index in [1.807, 2.05) is 0 Å². The molecule has 1 aromatic rings. The molecule has 0 bridgehead atoms. The van der Waals surface area contributed by atoms with Crippen LogP contribution in [0.5, 0.6) is 0 Å². The fourth-order valence-electron chi connectivity index (χ4n) is 3.79. The van der Waals surface area contributed by atoms with Crippen LogP contribution in [0.3, 0.4) is 0 Å². The standard InChI is InChI=1S/C21H21ClF4N2O3/c1-13(29)28-10-9-15(23)11-18(28)19(30)27-16-7-8-17(14-5-3-2-4-6-14)20(22,12-16)31-21(24,25)26/h2-8,15,18H,9-12H2,1H3,(H,27,30)/t15-,18-,20?/m1/s1. The Kier molecular flexibility index (Phi) is 6.76. The molecule has 2 aliphatic rings. The maximum Gasteiger partial charge on any atom is 0.524 e. The summed E-state index contributed by atoms with van der Waals surface area (Å²) in [7, 11) is 0. The number of alkyl halides is 5. The average Bonchev–Trinajstić information content (AvgIpc) is 2.66. The largest absolute Gasteiger partial charge is 0.524 e. The molecule has 31 heavy (non-hydrogen) atoms. The summed E-state index contributed by atoms with van der Waals surface area (Å²) in [6, 6.07) is 7.12. The number of amides is 2. The first-order valence-corrected chi connectivity index (χ1v) is 10.0. The van der Waals surface area contributed by atoms with Crippen molar-refractivity contribution in [3.63, 3.8) is 0 Å². The zero-order valence-electron chi connectivity index (χ0n) is 16.6. The SMILES string of the molecule is CC(=O)N1CC[C@@H](F)C[C@@H]1C(=O)NC1=CC=C(c2ccccc2)C(Cl)(OC(F)(F)F)C1. The minimum Gasteiger partial charge on any atom is -0.331 e. The van der Waals surface area contributed by atoms with Crippen LogP contribution in [0.1, 0.15) is 31.7 Å². The van der Waals surface area contributed by atoms with Gasteiger partial charge in [-0.1, -0.05) is 48.0 Å². The van der Waals surface area contributed by atoms with Gasteiger partial charge in [-0.2, -0.15) is 0 Å². The molecule has 0 spiro atoms. The minimum absolute atomic E-state index is 0.0633. The van der Waals surface area contributed by atoms with Crippen molar-refractivity contribution in [2.24, 2.45) is 0 Å². The molecular formula is C21H21ClF4N2O3. The van der Waals surface area contributed by atoms with Crippen molar-refractivity contribution >= 4 is 29.0 Å². The zero-order chi connectivity index (χ0) is 22.8. The third kappa shape index (κ3) is 5.65. The van der Waals surface area contributed by atoms with Gasteiger partial charge >= 0.3 is 6.36 Å². The number of nitrogens with zero attached hydrogens (tertiary/aromatic N) is 1. The molecule has 1 fully saturated rings. The Morgan fingerprint density at radius 1 is 1.23 bits per heavy atom. The highest BCUT2D eigenvalue weighted by atomic mass is 35.5. The molecule has 3 rings (SSSR count). The molecule has 1 unspecified atom stereocenters. The molecule has 1 heterocycles. The average molecular weight is 461 g/mol. The zero-order valence-corrected chi connectivity index (χ0v) is 17.3. The Balaban J connectivity index is 1.86. The fourth-order valence-corrected chi connectivity index (χ4v) is 4.19. The number of carbonyl (C=O) groups excluding carboxylic acids is 2. The number of benzene rings is 1. The Morgan fingerprint density at radius 3 is 2.52 bits per heavy atom. The molecule has 3 atom stereocenters. The van der Waals surface area contributed by atoms with Crippen LogP contribution in [0.2, 0.25) is 0 Å². The van der Waals surface area contributed by atoms with Crippen molar-refractivity contribution in [1.29, 1.82) is 0 Å². The van der Waals surface area contributed by atoms with Gasteiger partial charge in [0, 0.05) is 37.6 Å². The quantitative estimate of drug-likeness (QED) is 0.538.